The van der Waals surface area contributed by atoms with E-state index in [1.807, 2.05) is 26.0 Å². The topological polar surface area (TPSA) is 47.0 Å². The number of anilines is 2. The minimum atomic E-state index is 0.0773. The number of hydrogen-bond donors (Lipinski definition) is 1. The van der Waals surface area contributed by atoms with Crippen LogP contribution in [0.3, 0.4) is 0 Å². The summed E-state index contributed by atoms with van der Waals surface area (Å²) in [4.78, 5) is 8.52. The van der Waals surface area contributed by atoms with Crippen LogP contribution in [0.1, 0.15) is 25.8 Å². The van der Waals surface area contributed by atoms with Gasteiger partial charge in [-0.1, -0.05) is 12.1 Å². The van der Waals surface area contributed by atoms with Crippen molar-refractivity contribution in [1.82, 2.24) is 9.97 Å². The molecule has 2 aromatic rings. The van der Waals surface area contributed by atoms with Crippen LogP contribution in [-0.2, 0) is 6.42 Å². The molecule has 0 saturated heterocycles. The van der Waals surface area contributed by atoms with Crippen molar-refractivity contribution in [3.8, 4) is 5.88 Å². The summed E-state index contributed by atoms with van der Waals surface area (Å²) in [5.41, 5.74) is 2.24. The number of aryl methyl sites for hydroxylation is 1. The number of benzene rings is 1. The maximum absolute atomic E-state index is 5.73. The van der Waals surface area contributed by atoms with Gasteiger partial charge in [0.15, 0.2) is 5.82 Å². The van der Waals surface area contributed by atoms with Gasteiger partial charge in [0.1, 0.15) is 0 Å². The zero-order valence-corrected chi connectivity index (χ0v) is 13.1. The number of aromatic nitrogens is 2. The van der Waals surface area contributed by atoms with Gasteiger partial charge in [-0.3, -0.25) is 4.98 Å². The van der Waals surface area contributed by atoms with Crippen LogP contribution in [0.15, 0.2) is 36.7 Å². The average Bonchev–Trinajstić information content (AvgIpc) is 2.45. The Morgan fingerprint density at radius 1 is 1.29 bits per heavy atom. The first-order chi connectivity index (χ1) is 10.2. The Bertz CT molecular complexity index is 575. The quantitative estimate of drug-likeness (QED) is 0.780. The highest BCUT2D eigenvalue weighted by Gasteiger charge is 2.03. The standard InChI is InChI=1S/C16H20ClN3O/c1-12(2)21-16-11-18-10-15(20-16)19-14-7-3-5-13(9-14)6-4-8-17/h3,5,7,9-12H,4,6,8H2,1-2H3,(H,19,20). The fourth-order valence-corrected chi connectivity index (χ4v) is 2.06. The highest BCUT2D eigenvalue weighted by molar-refractivity contribution is 6.17. The molecule has 112 valence electrons. The highest BCUT2D eigenvalue weighted by atomic mass is 35.5. The molecule has 0 saturated carbocycles. The average molecular weight is 306 g/mol. The van der Waals surface area contributed by atoms with Gasteiger partial charge in [0, 0.05) is 11.6 Å². The van der Waals surface area contributed by atoms with Crippen LogP contribution < -0.4 is 10.1 Å². The Kier molecular flexibility index (Phi) is 5.81. The van der Waals surface area contributed by atoms with E-state index in [-0.39, 0.29) is 6.10 Å². The first kappa shape index (κ1) is 15.6. The summed E-state index contributed by atoms with van der Waals surface area (Å²) in [5.74, 6) is 1.87. The molecule has 21 heavy (non-hydrogen) atoms. The van der Waals surface area contributed by atoms with E-state index in [1.54, 1.807) is 12.4 Å². The molecule has 1 heterocycles. The molecule has 0 radical (unpaired) electrons. The summed E-state index contributed by atoms with van der Waals surface area (Å²) in [5, 5.41) is 3.25. The van der Waals surface area contributed by atoms with E-state index >= 15 is 0 Å². The first-order valence-electron chi connectivity index (χ1n) is 7.08. The smallest absolute Gasteiger partial charge is 0.234 e. The van der Waals surface area contributed by atoms with Gasteiger partial charge in [-0.2, -0.15) is 4.98 Å². The molecule has 0 bridgehead atoms. The number of alkyl halides is 1. The fourth-order valence-electron chi connectivity index (χ4n) is 1.93. The third kappa shape index (κ3) is 5.23. The Morgan fingerprint density at radius 2 is 2.14 bits per heavy atom. The molecule has 0 atom stereocenters. The molecule has 0 unspecified atom stereocenters. The van der Waals surface area contributed by atoms with Gasteiger partial charge in [0.25, 0.3) is 0 Å². The largest absolute Gasteiger partial charge is 0.474 e. The Hall–Kier alpha value is -1.81. The van der Waals surface area contributed by atoms with Crippen LogP contribution in [0, 0.1) is 0 Å². The lowest BCUT2D eigenvalue weighted by Gasteiger charge is -2.11. The van der Waals surface area contributed by atoms with Crippen molar-refractivity contribution in [1.29, 1.82) is 0 Å². The molecule has 0 spiro atoms. The second-order valence-electron chi connectivity index (χ2n) is 5.03. The van der Waals surface area contributed by atoms with Crippen molar-refractivity contribution >= 4 is 23.1 Å². The molecule has 4 nitrogen and oxygen atoms in total. The van der Waals surface area contributed by atoms with Gasteiger partial charge in [-0.05, 0) is 44.4 Å². The summed E-state index contributed by atoms with van der Waals surface area (Å²) < 4.78 is 5.54. The van der Waals surface area contributed by atoms with E-state index in [1.165, 1.54) is 5.56 Å². The zero-order valence-electron chi connectivity index (χ0n) is 12.3. The number of nitrogens with zero attached hydrogens (tertiary/aromatic N) is 2. The molecule has 0 aliphatic carbocycles. The normalized spacial score (nSPS) is 10.7. The predicted octanol–water partition coefficient (Wildman–Crippen LogP) is 4.18. The lowest BCUT2D eigenvalue weighted by Crippen LogP contribution is -2.08. The van der Waals surface area contributed by atoms with Crippen LogP contribution >= 0.6 is 11.6 Å². The van der Waals surface area contributed by atoms with Gasteiger partial charge in [-0.25, -0.2) is 0 Å². The van der Waals surface area contributed by atoms with Crippen LogP contribution in [0.25, 0.3) is 0 Å². The minimum Gasteiger partial charge on any atom is -0.474 e. The van der Waals surface area contributed by atoms with Crippen molar-refractivity contribution in [3.63, 3.8) is 0 Å². The number of hydrogen-bond acceptors (Lipinski definition) is 4. The van der Waals surface area contributed by atoms with E-state index in [9.17, 15) is 0 Å². The number of ether oxygens (including phenoxy) is 1. The highest BCUT2D eigenvalue weighted by Crippen LogP contribution is 2.18. The first-order valence-corrected chi connectivity index (χ1v) is 7.61. The molecular weight excluding hydrogens is 286 g/mol. The SMILES string of the molecule is CC(C)Oc1cncc(Nc2cccc(CCCCl)c2)n1. The van der Waals surface area contributed by atoms with Gasteiger partial charge in [0.2, 0.25) is 5.88 Å². The molecule has 1 N–H and O–H groups in total. The van der Waals surface area contributed by atoms with Crippen molar-refractivity contribution in [2.75, 3.05) is 11.2 Å². The molecule has 0 aliphatic heterocycles. The van der Waals surface area contributed by atoms with Crippen molar-refractivity contribution in [2.45, 2.75) is 32.8 Å². The molecule has 2 rings (SSSR count). The minimum absolute atomic E-state index is 0.0773. The lowest BCUT2D eigenvalue weighted by molar-refractivity contribution is 0.232. The third-order valence-corrected chi connectivity index (χ3v) is 3.03. The summed E-state index contributed by atoms with van der Waals surface area (Å²) >= 11 is 5.73. The van der Waals surface area contributed by atoms with Gasteiger partial charge in [0.05, 0.1) is 18.5 Å². The van der Waals surface area contributed by atoms with Crippen LogP contribution in [0.2, 0.25) is 0 Å². The van der Waals surface area contributed by atoms with E-state index in [2.05, 4.69) is 27.4 Å². The molecule has 5 heteroatoms. The molecule has 1 aromatic heterocycles. The number of nitrogens with one attached hydrogen (secondary N) is 1. The molecule has 0 aliphatic rings. The monoisotopic (exact) mass is 305 g/mol. The molecule has 1 aromatic carbocycles. The lowest BCUT2D eigenvalue weighted by atomic mass is 10.1. The van der Waals surface area contributed by atoms with Crippen molar-refractivity contribution in [3.05, 3.63) is 42.2 Å². The summed E-state index contributed by atoms with van der Waals surface area (Å²) in [6, 6.07) is 8.22. The van der Waals surface area contributed by atoms with E-state index in [0.29, 0.717) is 17.6 Å². The van der Waals surface area contributed by atoms with Gasteiger partial charge < -0.3 is 10.1 Å². The number of rotatable bonds is 7. The van der Waals surface area contributed by atoms with Gasteiger partial charge >= 0.3 is 0 Å². The third-order valence-electron chi connectivity index (χ3n) is 2.77. The van der Waals surface area contributed by atoms with Crippen molar-refractivity contribution in [2.24, 2.45) is 0 Å². The molecule has 0 amide bonds. The Morgan fingerprint density at radius 3 is 2.90 bits per heavy atom. The zero-order chi connectivity index (χ0) is 15.1. The fraction of sp³-hybridized carbons (Fsp3) is 0.375. The Labute approximate surface area is 130 Å². The van der Waals surface area contributed by atoms with Crippen molar-refractivity contribution < 1.29 is 4.74 Å². The second-order valence-corrected chi connectivity index (χ2v) is 5.41. The summed E-state index contributed by atoms with van der Waals surface area (Å²) in [6.07, 6.45) is 5.32. The summed E-state index contributed by atoms with van der Waals surface area (Å²) in [6.45, 7) is 3.92. The predicted molar refractivity (Wildman–Crippen MR) is 86.6 cm³/mol. The van der Waals surface area contributed by atoms with Crippen LogP contribution in [-0.4, -0.2) is 22.0 Å². The van der Waals surface area contributed by atoms with Crippen LogP contribution in [0.4, 0.5) is 11.5 Å². The molecular formula is C16H20ClN3O. The van der Waals surface area contributed by atoms with E-state index in [0.717, 1.165) is 18.5 Å². The Balaban J connectivity index is 2.07. The van der Waals surface area contributed by atoms with Crippen LogP contribution in [0.5, 0.6) is 5.88 Å². The number of halogens is 1. The maximum atomic E-state index is 5.73. The maximum Gasteiger partial charge on any atom is 0.234 e. The molecule has 0 fully saturated rings. The second kappa shape index (κ2) is 7.84. The van der Waals surface area contributed by atoms with E-state index in [4.69, 9.17) is 16.3 Å². The van der Waals surface area contributed by atoms with Gasteiger partial charge in [-0.15, -0.1) is 11.6 Å². The van der Waals surface area contributed by atoms with E-state index < -0.39 is 0 Å². The summed E-state index contributed by atoms with van der Waals surface area (Å²) in [7, 11) is 0.